The molecule has 1 rings (SSSR count). The number of hydrogen-bond donors (Lipinski definition) is 4. The Morgan fingerprint density at radius 3 is 2.24 bits per heavy atom. The fraction of sp³-hybridized carbons (Fsp3) is 0.455. The first-order valence-corrected chi connectivity index (χ1v) is 5.28. The summed E-state index contributed by atoms with van der Waals surface area (Å²) in [5.74, 6) is -2.58. The van der Waals surface area contributed by atoms with Crippen molar-refractivity contribution < 1.29 is 24.9 Å². The molecule has 0 bridgehead atoms. The highest BCUT2D eigenvalue weighted by molar-refractivity contribution is 5.94. The fourth-order valence-corrected chi connectivity index (χ4v) is 1.88. The van der Waals surface area contributed by atoms with Crippen LogP contribution in [0.15, 0.2) is 23.0 Å². The number of hydrogen-bond acceptors (Lipinski definition) is 4. The second-order valence-corrected chi connectivity index (χ2v) is 3.78. The summed E-state index contributed by atoms with van der Waals surface area (Å²) in [6, 6.07) is 0. The lowest BCUT2D eigenvalue weighted by atomic mass is 9.84. The Labute approximate surface area is 98.3 Å². The molecule has 6 heteroatoms. The van der Waals surface area contributed by atoms with Crippen LogP contribution in [0, 0.1) is 0 Å². The molecule has 0 aromatic heterocycles. The summed E-state index contributed by atoms with van der Waals surface area (Å²) < 4.78 is 0. The molecule has 0 radical (unpaired) electrons. The Hall–Kier alpha value is -1.82. The van der Waals surface area contributed by atoms with E-state index in [2.05, 4.69) is 5.32 Å². The SMILES string of the molecule is CCC1=C(C(=O)O)NC(C(=O)O)=CC1(O)CC. The van der Waals surface area contributed by atoms with Crippen molar-refractivity contribution >= 4 is 11.9 Å². The first-order valence-electron chi connectivity index (χ1n) is 5.28. The van der Waals surface area contributed by atoms with Crippen LogP contribution in [0.25, 0.3) is 0 Å². The van der Waals surface area contributed by atoms with Crippen molar-refractivity contribution in [2.75, 3.05) is 0 Å². The number of carbonyl (C=O) groups is 2. The van der Waals surface area contributed by atoms with Crippen LogP contribution in [0.1, 0.15) is 26.7 Å². The van der Waals surface area contributed by atoms with Gasteiger partial charge in [-0.3, -0.25) is 0 Å². The third-order valence-electron chi connectivity index (χ3n) is 2.80. The van der Waals surface area contributed by atoms with Gasteiger partial charge in [-0.25, -0.2) is 9.59 Å². The molecule has 0 amide bonds. The molecule has 1 unspecified atom stereocenters. The highest BCUT2D eigenvalue weighted by Crippen LogP contribution is 2.32. The predicted octanol–water partition coefficient (Wildman–Crippen LogP) is 0.448. The minimum Gasteiger partial charge on any atom is -0.477 e. The van der Waals surface area contributed by atoms with Crippen LogP contribution < -0.4 is 5.32 Å². The second kappa shape index (κ2) is 4.58. The monoisotopic (exact) mass is 241 g/mol. The summed E-state index contributed by atoms with van der Waals surface area (Å²) in [5, 5.41) is 30.5. The molecule has 0 aliphatic carbocycles. The minimum absolute atomic E-state index is 0.214. The molecule has 4 N–H and O–H groups in total. The van der Waals surface area contributed by atoms with Crippen molar-refractivity contribution in [3.63, 3.8) is 0 Å². The van der Waals surface area contributed by atoms with E-state index in [-0.39, 0.29) is 23.4 Å². The van der Waals surface area contributed by atoms with E-state index in [1.807, 2.05) is 0 Å². The van der Waals surface area contributed by atoms with E-state index in [0.717, 1.165) is 6.08 Å². The summed E-state index contributed by atoms with van der Waals surface area (Å²) in [6.07, 6.45) is 1.69. The third-order valence-corrected chi connectivity index (χ3v) is 2.80. The quantitative estimate of drug-likeness (QED) is 0.569. The van der Waals surface area contributed by atoms with Gasteiger partial charge in [-0.15, -0.1) is 0 Å². The molecule has 0 saturated carbocycles. The summed E-state index contributed by atoms with van der Waals surface area (Å²) in [7, 11) is 0. The van der Waals surface area contributed by atoms with Crippen LogP contribution in [-0.4, -0.2) is 32.9 Å². The minimum atomic E-state index is -1.51. The average molecular weight is 241 g/mol. The number of dihydropyridines is 1. The van der Waals surface area contributed by atoms with Crippen LogP contribution in [-0.2, 0) is 9.59 Å². The highest BCUT2D eigenvalue weighted by Gasteiger charge is 2.37. The summed E-state index contributed by atoms with van der Waals surface area (Å²) in [6.45, 7) is 3.37. The van der Waals surface area contributed by atoms with Gasteiger partial charge >= 0.3 is 11.9 Å². The van der Waals surface area contributed by atoms with E-state index < -0.39 is 17.5 Å². The van der Waals surface area contributed by atoms with Crippen molar-refractivity contribution in [2.45, 2.75) is 32.3 Å². The van der Waals surface area contributed by atoms with Crippen molar-refractivity contribution in [3.8, 4) is 0 Å². The lowest BCUT2D eigenvalue weighted by Crippen LogP contribution is -2.41. The Kier molecular flexibility index (Phi) is 3.57. The lowest BCUT2D eigenvalue weighted by molar-refractivity contribution is -0.134. The number of aliphatic carboxylic acids is 2. The van der Waals surface area contributed by atoms with Gasteiger partial charge < -0.3 is 20.6 Å². The molecule has 1 atom stereocenters. The zero-order chi connectivity index (χ0) is 13.2. The smallest absolute Gasteiger partial charge is 0.352 e. The topological polar surface area (TPSA) is 107 Å². The lowest BCUT2D eigenvalue weighted by Gasteiger charge is -2.32. The standard InChI is InChI=1S/C11H15NO5/c1-3-6-8(10(15)16)12-7(9(13)14)5-11(6,17)4-2/h5,12,17H,3-4H2,1-2H3,(H,13,14)(H,15,16). The maximum Gasteiger partial charge on any atom is 0.352 e. The number of nitrogens with one attached hydrogen (secondary N) is 1. The Morgan fingerprint density at radius 2 is 1.88 bits per heavy atom. The molecule has 0 fully saturated rings. The first kappa shape index (κ1) is 13.2. The second-order valence-electron chi connectivity index (χ2n) is 3.78. The first-order chi connectivity index (χ1) is 7.85. The molecule has 0 saturated heterocycles. The average Bonchev–Trinajstić information content (AvgIpc) is 2.27. The zero-order valence-electron chi connectivity index (χ0n) is 9.65. The molecule has 0 spiro atoms. The number of carboxylic acid groups (broad SMARTS) is 2. The fourth-order valence-electron chi connectivity index (χ4n) is 1.88. The van der Waals surface area contributed by atoms with Crippen LogP contribution in [0.2, 0.25) is 0 Å². The molecular weight excluding hydrogens is 226 g/mol. The van der Waals surface area contributed by atoms with E-state index >= 15 is 0 Å². The number of carboxylic acids is 2. The Bertz CT molecular complexity index is 424. The summed E-state index contributed by atoms with van der Waals surface area (Å²) in [4.78, 5) is 21.9. The normalized spacial score (nSPS) is 24.1. The molecule has 0 aromatic rings. The molecular formula is C11H15NO5. The molecule has 0 aromatic carbocycles. The van der Waals surface area contributed by atoms with E-state index in [0.29, 0.717) is 6.42 Å². The van der Waals surface area contributed by atoms with Crippen LogP contribution in [0.5, 0.6) is 0 Å². The van der Waals surface area contributed by atoms with Gasteiger partial charge in [-0.1, -0.05) is 13.8 Å². The van der Waals surface area contributed by atoms with Crippen molar-refractivity contribution in [3.05, 3.63) is 23.0 Å². The van der Waals surface area contributed by atoms with E-state index in [9.17, 15) is 14.7 Å². The molecule has 1 heterocycles. The van der Waals surface area contributed by atoms with Crippen molar-refractivity contribution in [1.29, 1.82) is 0 Å². The van der Waals surface area contributed by atoms with E-state index in [1.54, 1.807) is 13.8 Å². The maximum absolute atomic E-state index is 11.0. The zero-order valence-corrected chi connectivity index (χ0v) is 9.65. The molecule has 1 aliphatic rings. The highest BCUT2D eigenvalue weighted by atomic mass is 16.4. The third kappa shape index (κ3) is 2.31. The maximum atomic E-state index is 11.0. The van der Waals surface area contributed by atoms with Gasteiger partial charge in [0, 0.05) is 0 Å². The van der Waals surface area contributed by atoms with E-state index in [1.165, 1.54) is 0 Å². The molecule has 94 valence electrons. The molecule has 6 nitrogen and oxygen atoms in total. The van der Waals surface area contributed by atoms with Gasteiger partial charge in [0.1, 0.15) is 17.0 Å². The Morgan fingerprint density at radius 1 is 1.29 bits per heavy atom. The van der Waals surface area contributed by atoms with Gasteiger partial charge in [0.2, 0.25) is 0 Å². The summed E-state index contributed by atoms with van der Waals surface area (Å²) >= 11 is 0. The van der Waals surface area contributed by atoms with Crippen LogP contribution in [0.3, 0.4) is 0 Å². The summed E-state index contributed by atoms with van der Waals surface area (Å²) in [5.41, 5.74) is -1.79. The predicted molar refractivity (Wildman–Crippen MR) is 59.0 cm³/mol. The van der Waals surface area contributed by atoms with Gasteiger partial charge in [0.15, 0.2) is 0 Å². The molecule has 1 aliphatic heterocycles. The van der Waals surface area contributed by atoms with Gasteiger partial charge in [0.05, 0.1) is 0 Å². The van der Waals surface area contributed by atoms with Gasteiger partial charge in [-0.2, -0.15) is 0 Å². The van der Waals surface area contributed by atoms with Crippen molar-refractivity contribution in [1.82, 2.24) is 5.32 Å². The van der Waals surface area contributed by atoms with Crippen LogP contribution >= 0.6 is 0 Å². The Balaban J connectivity index is 3.35. The van der Waals surface area contributed by atoms with Gasteiger partial charge in [-0.05, 0) is 24.5 Å². The number of aliphatic hydroxyl groups is 1. The van der Waals surface area contributed by atoms with Gasteiger partial charge in [0.25, 0.3) is 0 Å². The van der Waals surface area contributed by atoms with Crippen LogP contribution in [0.4, 0.5) is 0 Å². The largest absolute Gasteiger partial charge is 0.477 e. The molecule has 17 heavy (non-hydrogen) atoms. The van der Waals surface area contributed by atoms with Crippen molar-refractivity contribution in [2.24, 2.45) is 0 Å². The van der Waals surface area contributed by atoms with E-state index in [4.69, 9.17) is 10.2 Å². The number of rotatable bonds is 4.